The Morgan fingerprint density at radius 3 is 2.00 bits per heavy atom. The second-order valence-electron chi connectivity index (χ2n) is 5.24. The average Bonchev–Trinajstić information content (AvgIpc) is 2.13. The fraction of sp³-hybridized carbons (Fsp3) is 0.909. The third-order valence-electron chi connectivity index (χ3n) is 3.71. The highest BCUT2D eigenvalue weighted by Crippen LogP contribution is 2.39. The Morgan fingerprint density at radius 2 is 1.75 bits per heavy atom. The summed E-state index contributed by atoms with van der Waals surface area (Å²) < 4.78 is 23.2. The van der Waals surface area contributed by atoms with Crippen LogP contribution >= 0.6 is 0 Å². The van der Waals surface area contributed by atoms with Crippen LogP contribution in [0.4, 0.5) is 0 Å². The summed E-state index contributed by atoms with van der Waals surface area (Å²) >= 11 is -2.23. The monoisotopic (exact) mass is 248 g/mol. The molecule has 0 aromatic carbocycles. The third kappa shape index (κ3) is 3.37. The summed E-state index contributed by atoms with van der Waals surface area (Å²) in [6, 6.07) is 0. The molecule has 0 radical (unpaired) electrons. The number of hydrogen-bond donors (Lipinski definition) is 0. The second-order valence-corrected chi connectivity index (χ2v) is 6.19. The maximum Gasteiger partial charge on any atom is 0.135 e. The minimum atomic E-state index is -2.23. The number of Topliss-reactive ketones (excluding diaryl/α,β-unsaturated/α-hetero) is 1. The first-order valence-corrected chi connectivity index (χ1v) is 6.44. The van der Waals surface area contributed by atoms with Gasteiger partial charge in [-0.1, -0.05) is 34.6 Å². The van der Waals surface area contributed by atoms with E-state index >= 15 is 0 Å². The van der Waals surface area contributed by atoms with Gasteiger partial charge in [0, 0.05) is 29.8 Å². The molecule has 0 bridgehead atoms. The third-order valence-corrected chi connectivity index (χ3v) is 4.52. The summed E-state index contributed by atoms with van der Waals surface area (Å²) in [6.45, 7) is 11.7. The molecule has 0 aliphatic rings. The Labute approximate surface area is 101 Å². The topological polar surface area (TPSA) is 60.4 Å². The Morgan fingerprint density at radius 1 is 1.31 bits per heavy atom. The molecule has 1 unspecified atom stereocenters. The number of hydrogen-bond acceptors (Lipinski definition) is 3. The summed E-state index contributed by atoms with van der Waals surface area (Å²) in [5, 5.41) is 0. The van der Waals surface area contributed by atoms with E-state index in [9.17, 15) is 13.6 Å². The standard InChI is InChI=1S/C11H23NO3S/c1-7-12(16(14)15)8-10(3,4)11(5,6)9(2)13/h7-8H2,1-6H3,(H,14,15)/p-1. The molecule has 0 aromatic heterocycles. The van der Waals surface area contributed by atoms with Crippen LogP contribution < -0.4 is 0 Å². The molecule has 0 aromatic rings. The predicted octanol–water partition coefficient (Wildman–Crippen LogP) is 1.74. The van der Waals surface area contributed by atoms with Crippen molar-refractivity contribution in [1.29, 1.82) is 0 Å². The SMILES string of the molecule is CCN(CC(C)(C)C(C)(C)C(C)=O)S(=O)[O-]. The first-order valence-electron chi connectivity index (χ1n) is 5.41. The van der Waals surface area contributed by atoms with E-state index in [-0.39, 0.29) is 5.78 Å². The van der Waals surface area contributed by atoms with Gasteiger partial charge < -0.3 is 4.55 Å². The molecule has 4 nitrogen and oxygen atoms in total. The van der Waals surface area contributed by atoms with Crippen LogP contribution in [0.3, 0.4) is 0 Å². The molecule has 0 heterocycles. The first-order chi connectivity index (χ1) is 7.06. The molecular formula is C11H22NO3S-. The molecule has 0 amide bonds. The van der Waals surface area contributed by atoms with Gasteiger partial charge in [0.2, 0.25) is 0 Å². The van der Waals surface area contributed by atoms with Gasteiger partial charge >= 0.3 is 0 Å². The lowest BCUT2D eigenvalue weighted by Gasteiger charge is -2.43. The van der Waals surface area contributed by atoms with E-state index in [1.54, 1.807) is 13.8 Å². The zero-order chi connectivity index (χ0) is 13.1. The average molecular weight is 248 g/mol. The number of carbonyl (C=O) groups excluding carboxylic acids is 1. The smallest absolute Gasteiger partial charge is 0.135 e. The van der Waals surface area contributed by atoms with Crippen molar-refractivity contribution >= 4 is 17.0 Å². The van der Waals surface area contributed by atoms with Crippen LogP contribution in [-0.2, 0) is 16.1 Å². The zero-order valence-electron chi connectivity index (χ0n) is 11.0. The zero-order valence-corrected chi connectivity index (χ0v) is 11.8. The first kappa shape index (κ1) is 15.7. The van der Waals surface area contributed by atoms with E-state index in [0.29, 0.717) is 13.1 Å². The molecule has 16 heavy (non-hydrogen) atoms. The van der Waals surface area contributed by atoms with Gasteiger partial charge in [0.05, 0.1) is 0 Å². The maximum absolute atomic E-state index is 11.6. The molecule has 0 saturated carbocycles. The van der Waals surface area contributed by atoms with Crippen molar-refractivity contribution in [1.82, 2.24) is 4.31 Å². The maximum atomic E-state index is 11.6. The van der Waals surface area contributed by atoms with Gasteiger partial charge in [-0.3, -0.25) is 9.00 Å². The van der Waals surface area contributed by atoms with E-state index in [1.165, 1.54) is 4.31 Å². The van der Waals surface area contributed by atoms with Gasteiger partial charge in [0.15, 0.2) is 0 Å². The number of nitrogens with zero attached hydrogens (tertiary/aromatic N) is 1. The summed E-state index contributed by atoms with van der Waals surface area (Å²) in [5.41, 5.74) is -0.936. The van der Waals surface area contributed by atoms with Crippen LogP contribution in [0.15, 0.2) is 0 Å². The van der Waals surface area contributed by atoms with Crippen LogP contribution in [0.5, 0.6) is 0 Å². The highest BCUT2D eigenvalue weighted by molar-refractivity contribution is 7.76. The van der Waals surface area contributed by atoms with Crippen molar-refractivity contribution in [2.24, 2.45) is 10.8 Å². The molecule has 0 aliphatic carbocycles. The van der Waals surface area contributed by atoms with E-state index < -0.39 is 22.1 Å². The summed E-state index contributed by atoms with van der Waals surface area (Å²) in [6.07, 6.45) is 0. The van der Waals surface area contributed by atoms with Crippen LogP contribution in [-0.4, -0.2) is 31.9 Å². The lowest BCUT2D eigenvalue weighted by molar-refractivity contribution is -0.131. The van der Waals surface area contributed by atoms with Gasteiger partial charge in [-0.25, -0.2) is 4.31 Å². The van der Waals surface area contributed by atoms with E-state index in [0.717, 1.165) is 0 Å². The Bertz CT molecular complexity index is 287. The van der Waals surface area contributed by atoms with E-state index in [1.807, 2.05) is 27.7 Å². The molecule has 0 aliphatic heterocycles. The number of carbonyl (C=O) groups is 1. The van der Waals surface area contributed by atoms with Crippen molar-refractivity contribution in [3.63, 3.8) is 0 Å². The van der Waals surface area contributed by atoms with Crippen molar-refractivity contribution in [3.8, 4) is 0 Å². The predicted molar refractivity (Wildman–Crippen MR) is 64.4 cm³/mol. The van der Waals surface area contributed by atoms with Crippen molar-refractivity contribution in [3.05, 3.63) is 0 Å². The molecule has 0 rings (SSSR count). The molecule has 0 N–H and O–H groups in total. The van der Waals surface area contributed by atoms with Crippen LogP contribution in [0.2, 0.25) is 0 Å². The van der Waals surface area contributed by atoms with Gasteiger partial charge in [-0.15, -0.1) is 0 Å². The fourth-order valence-electron chi connectivity index (χ4n) is 1.38. The van der Waals surface area contributed by atoms with Crippen molar-refractivity contribution in [2.75, 3.05) is 13.1 Å². The molecule has 0 spiro atoms. The number of rotatable bonds is 6. The Hall–Kier alpha value is -0.260. The second kappa shape index (κ2) is 5.38. The molecule has 0 fully saturated rings. The lowest BCUT2D eigenvalue weighted by atomic mass is 9.66. The molecule has 1 atom stereocenters. The van der Waals surface area contributed by atoms with Gasteiger partial charge in [-0.05, 0) is 12.3 Å². The van der Waals surface area contributed by atoms with Gasteiger partial charge in [-0.2, -0.15) is 0 Å². The largest absolute Gasteiger partial charge is 0.760 e. The highest BCUT2D eigenvalue weighted by Gasteiger charge is 2.41. The lowest BCUT2D eigenvalue weighted by Crippen LogP contribution is -2.46. The summed E-state index contributed by atoms with van der Waals surface area (Å²) in [4.78, 5) is 11.6. The Balaban J connectivity index is 4.93. The minimum Gasteiger partial charge on any atom is -0.760 e. The summed E-state index contributed by atoms with van der Waals surface area (Å²) in [5.74, 6) is 0.0743. The summed E-state index contributed by atoms with van der Waals surface area (Å²) in [7, 11) is 0. The van der Waals surface area contributed by atoms with E-state index in [2.05, 4.69) is 0 Å². The van der Waals surface area contributed by atoms with E-state index in [4.69, 9.17) is 0 Å². The Kier molecular flexibility index (Phi) is 5.29. The normalized spacial score (nSPS) is 15.2. The molecular weight excluding hydrogens is 226 g/mol. The van der Waals surface area contributed by atoms with Gasteiger partial charge in [0.1, 0.15) is 5.78 Å². The quantitative estimate of drug-likeness (QED) is 0.673. The van der Waals surface area contributed by atoms with Crippen LogP contribution in [0, 0.1) is 10.8 Å². The molecule has 0 saturated heterocycles. The number of ketones is 1. The van der Waals surface area contributed by atoms with Crippen molar-refractivity contribution < 1.29 is 13.6 Å². The molecule has 5 heteroatoms. The van der Waals surface area contributed by atoms with Crippen LogP contribution in [0.1, 0.15) is 41.5 Å². The molecule has 96 valence electrons. The highest BCUT2D eigenvalue weighted by atomic mass is 32.2. The van der Waals surface area contributed by atoms with Crippen LogP contribution in [0.25, 0.3) is 0 Å². The fourth-order valence-corrected chi connectivity index (χ4v) is 2.02. The van der Waals surface area contributed by atoms with Crippen molar-refractivity contribution in [2.45, 2.75) is 41.5 Å². The minimum absolute atomic E-state index is 0.0743. The van der Waals surface area contributed by atoms with Gasteiger partial charge in [0.25, 0.3) is 0 Å².